The quantitative estimate of drug-likeness (QED) is 0.899. The zero-order valence-electron chi connectivity index (χ0n) is 10.7. The number of nitrogens with one attached hydrogen (secondary N) is 1. The Labute approximate surface area is 106 Å². The number of carbonyl (C=O) groups is 1. The van der Waals surface area contributed by atoms with Crippen molar-refractivity contribution >= 4 is 16.9 Å². The minimum absolute atomic E-state index is 0.0896. The smallest absolute Gasteiger partial charge is 0.287 e. The summed E-state index contributed by atoms with van der Waals surface area (Å²) < 4.78 is 5.68. The van der Waals surface area contributed by atoms with Gasteiger partial charge in [-0.05, 0) is 44.2 Å². The predicted molar refractivity (Wildman–Crippen MR) is 70.7 cm³/mol. The maximum atomic E-state index is 12.0. The van der Waals surface area contributed by atoms with Crippen molar-refractivity contribution in [1.82, 2.24) is 5.32 Å². The van der Waals surface area contributed by atoms with Gasteiger partial charge < -0.3 is 9.73 Å². The number of hydrogen-bond donors (Lipinski definition) is 1. The topological polar surface area (TPSA) is 42.2 Å². The molecule has 1 aromatic carbocycles. The van der Waals surface area contributed by atoms with Crippen LogP contribution in [0.4, 0.5) is 0 Å². The van der Waals surface area contributed by atoms with E-state index in [0.717, 1.165) is 28.6 Å². The monoisotopic (exact) mass is 243 g/mol. The maximum absolute atomic E-state index is 12.0. The number of amides is 1. The number of fused-ring (bicyclic) bond motifs is 1. The Hall–Kier alpha value is -1.77. The molecule has 1 heterocycles. The van der Waals surface area contributed by atoms with E-state index in [0.29, 0.717) is 11.7 Å². The molecule has 0 saturated heterocycles. The lowest BCUT2D eigenvalue weighted by Crippen LogP contribution is -2.25. The SMILES string of the molecule is Cc1ccc2c(C)c(C(=O)NCC3CC3)oc2c1. The lowest BCUT2D eigenvalue weighted by Gasteiger charge is -2.01. The highest BCUT2D eigenvalue weighted by atomic mass is 16.3. The van der Waals surface area contributed by atoms with E-state index >= 15 is 0 Å². The summed E-state index contributed by atoms with van der Waals surface area (Å²) in [6.07, 6.45) is 2.47. The van der Waals surface area contributed by atoms with Gasteiger partial charge in [0, 0.05) is 17.5 Å². The predicted octanol–water partition coefficient (Wildman–Crippen LogP) is 3.19. The number of carbonyl (C=O) groups excluding carboxylic acids is 1. The summed E-state index contributed by atoms with van der Waals surface area (Å²) in [4.78, 5) is 12.0. The molecule has 0 spiro atoms. The fourth-order valence-corrected chi connectivity index (χ4v) is 2.19. The molecule has 0 bridgehead atoms. The van der Waals surface area contributed by atoms with Crippen LogP contribution in [-0.2, 0) is 0 Å². The van der Waals surface area contributed by atoms with E-state index in [9.17, 15) is 4.79 Å². The molecule has 2 aromatic rings. The molecule has 1 aromatic heterocycles. The summed E-state index contributed by atoms with van der Waals surface area (Å²) in [5, 5.41) is 3.97. The first-order chi connectivity index (χ1) is 8.65. The van der Waals surface area contributed by atoms with E-state index in [4.69, 9.17) is 4.42 Å². The van der Waals surface area contributed by atoms with Gasteiger partial charge in [0.2, 0.25) is 0 Å². The Balaban J connectivity index is 1.90. The Morgan fingerprint density at radius 2 is 2.17 bits per heavy atom. The van der Waals surface area contributed by atoms with Crippen LogP contribution in [0.25, 0.3) is 11.0 Å². The summed E-state index contributed by atoms with van der Waals surface area (Å²) in [5.74, 6) is 1.05. The minimum atomic E-state index is -0.0896. The second-order valence-electron chi connectivity index (χ2n) is 5.21. The first-order valence-corrected chi connectivity index (χ1v) is 6.43. The van der Waals surface area contributed by atoms with Crippen LogP contribution in [0.3, 0.4) is 0 Å². The third-order valence-electron chi connectivity index (χ3n) is 3.55. The van der Waals surface area contributed by atoms with Crippen molar-refractivity contribution in [3.05, 3.63) is 35.1 Å². The molecule has 3 rings (SSSR count). The third-order valence-corrected chi connectivity index (χ3v) is 3.55. The van der Waals surface area contributed by atoms with Crippen LogP contribution >= 0.6 is 0 Å². The Kier molecular flexibility index (Phi) is 2.62. The zero-order valence-corrected chi connectivity index (χ0v) is 10.7. The van der Waals surface area contributed by atoms with E-state index in [1.54, 1.807) is 0 Å². The molecular weight excluding hydrogens is 226 g/mol. The van der Waals surface area contributed by atoms with Gasteiger partial charge in [0.05, 0.1) is 0 Å². The second-order valence-corrected chi connectivity index (χ2v) is 5.21. The molecule has 1 N–H and O–H groups in total. The first-order valence-electron chi connectivity index (χ1n) is 6.43. The number of rotatable bonds is 3. The molecule has 1 aliphatic carbocycles. The largest absolute Gasteiger partial charge is 0.451 e. The highest BCUT2D eigenvalue weighted by molar-refractivity contribution is 5.99. The molecule has 94 valence electrons. The minimum Gasteiger partial charge on any atom is -0.451 e. The van der Waals surface area contributed by atoms with Crippen LogP contribution in [0.2, 0.25) is 0 Å². The molecule has 3 heteroatoms. The lowest BCUT2D eigenvalue weighted by atomic mass is 10.1. The summed E-state index contributed by atoms with van der Waals surface area (Å²) in [5.41, 5.74) is 2.86. The van der Waals surface area contributed by atoms with Gasteiger partial charge in [-0.3, -0.25) is 4.79 Å². The Morgan fingerprint density at radius 1 is 1.39 bits per heavy atom. The lowest BCUT2D eigenvalue weighted by molar-refractivity contribution is 0.0925. The van der Waals surface area contributed by atoms with E-state index in [1.165, 1.54) is 12.8 Å². The van der Waals surface area contributed by atoms with E-state index < -0.39 is 0 Å². The van der Waals surface area contributed by atoms with Crippen molar-refractivity contribution in [2.45, 2.75) is 26.7 Å². The number of aryl methyl sites for hydroxylation is 2. The summed E-state index contributed by atoms with van der Waals surface area (Å²) in [7, 11) is 0. The van der Waals surface area contributed by atoms with E-state index in [1.807, 2.05) is 32.0 Å². The van der Waals surface area contributed by atoms with Gasteiger partial charge in [0.1, 0.15) is 5.58 Å². The molecule has 0 atom stereocenters. The third kappa shape index (κ3) is 2.01. The van der Waals surface area contributed by atoms with Crippen LogP contribution in [0.1, 0.15) is 34.5 Å². The number of benzene rings is 1. The maximum Gasteiger partial charge on any atom is 0.287 e. The highest BCUT2D eigenvalue weighted by Gasteiger charge is 2.23. The van der Waals surface area contributed by atoms with Gasteiger partial charge >= 0.3 is 0 Å². The average Bonchev–Trinajstić information content (AvgIpc) is 3.11. The summed E-state index contributed by atoms with van der Waals surface area (Å²) in [6.45, 7) is 4.73. The first kappa shape index (κ1) is 11.3. The van der Waals surface area contributed by atoms with E-state index in [-0.39, 0.29) is 5.91 Å². The average molecular weight is 243 g/mol. The number of hydrogen-bond acceptors (Lipinski definition) is 2. The van der Waals surface area contributed by atoms with Crippen molar-refractivity contribution in [3.8, 4) is 0 Å². The fraction of sp³-hybridized carbons (Fsp3) is 0.400. The molecule has 1 amide bonds. The van der Waals surface area contributed by atoms with Crippen molar-refractivity contribution in [2.75, 3.05) is 6.54 Å². The van der Waals surface area contributed by atoms with Gasteiger partial charge in [-0.2, -0.15) is 0 Å². The fourth-order valence-electron chi connectivity index (χ4n) is 2.19. The Bertz CT molecular complexity index is 608. The van der Waals surface area contributed by atoms with Crippen molar-refractivity contribution in [2.24, 2.45) is 5.92 Å². The van der Waals surface area contributed by atoms with Crippen LogP contribution < -0.4 is 5.32 Å². The van der Waals surface area contributed by atoms with Crippen LogP contribution in [-0.4, -0.2) is 12.5 Å². The summed E-state index contributed by atoms with van der Waals surface area (Å²) in [6, 6.07) is 6.03. The van der Waals surface area contributed by atoms with Crippen molar-refractivity contribution in [1.29, 1.82) is 0 Å². The Morgan fingerprint density at radius 3 is 2.89 bits per heavy atom. The molecule has 1 aliphatic rings. The van der Waals surface area contributed by atoms with Gasteiger partial charge in [-0.25, -0.2) is 0 Å². The molecule has 3 nitrogen and oxygen atoms in total. The molecule has 0 unspecified atom stereocenters. The standard InChI is InChI=1S/C15H17NO2/c1-9-3-6-12-10(2)14(18-13(12)7-9)15(17)16-8-11-4-5-11/h3,6-7,11H,4-5,8H2,1-2H3,(H,16,17). The van der Waals surface area contributed by atoms with Crippen molar-refractivity contribution in [3.63, 3.8) is 0 Å². The zero-order chi connectivity index (χ0) is 12.7. The molecule has 18 heavy (non-hydrogen) atoms. The van der Waals surface area contributed by atoms with Gasteiger partial charge in [0.25, 0.3) is 5.91 Å². The molecule has 1 fully saturated rings. The molecular formula is C15H17NO2. The van der Waals surface area contributed by atoms with Gasteiger partial charge in [0.15, 0.2) is 5.76 Å². The normalized spacial score (nSPS) is 15.0. The van der Waals surface area contributed by atoms with Crippen molar-refractivity contribution < 1.29 is 9.21 Å². The van der Waals surface area contributed by atoms with Crippen LogP contribution in [0.15, 0.2) is 22.6 Å². The second kappa shape index (κ2) is 4.16. The van der Waals surface area contributed by atoms with Gasteiger partial charge in [-0.1, -0.05) is 12.1 Å². The van der Waals surface area contributed by atoms with Crippen LogP contribution in [0.5, 0.6) is 0 Å². The molecule has 1 saturated carbocycles. The van der Waals surface area contributed by atoms with Crippen LogP contribution in [0, 0.1) is 19.8 Å². The summed E-state index contributed by atoms with van der Waals surface area (Å²) >= 11 is 0. The molecule has 0 radical (unpaired) electrons. The van der Waals surface area contributed by atoms with Gasteiger partial charge in [-0.15, -0.1) is 0 Å². The molecule has 0 aliphatic heterocycles. The van der Waals surface area contributed by atoms with E-state index in [2.05, 4.69) is 5.32 Å². The number of furan rings is 1. The highest BCUT2D eigenvalue weighted by Crippen LogP contribution is 2.29.